The molecular formula is C36H58O7S. The summed E-state index contributed by atoms with van der Waals surface area (Å²) in [6.07, 6.45) is 9.66. The molecule has 250 valence electrons. The number of Topliss-reactive ketones (excluding diaryl/α,β-unsaturated/α-hetero) is 1. The van der Waals surface area contributed by atoms with Gasteiger partial charge in [-0.15, -0.1) is 0 Å². The standard InChI is InChI=1S/C36H58O7S/c1-7-24-28-19-23(37)11-14-35(28,6)27-12-15-34(5)25(8-9-26(34)31(27)32(24)40)21(2)13-17-43-30(39)20-44(41,42)36-16-10-22(18-29(36)38)33(36,3)4/h21-28,31-32,37,40H,7-20H2,1-6H3/t21-,22-,23-,24-,25-,26+,27+,28+,31+,32-,34-,35-,36-/m1/s1. The molecule has 0 saturated heterocycles. The van der Waals surface area contributed by atoms with Crippen LogP contribution in [0.25, 0.3) is 0 Å². The zero-order valence-electron chi connectivity index (χ0n) is 28.0. The number of ketones is 1. The molecule has 0 aromatic carbocycles. The van der Waals surface area contributed by atoms with Crippen LogP contribution in [0, 0.1) is 63.6 Å². The third-order valence-electron chi connectivity index (χ3n) is 15.6. The summed E-state index contributed by atoms with van der Waals surface area (Å²) in [5.74, 6) is 1.06. The first kappa shape index (κ1) is 32.9. The van der Waals surface area contributed by atoms with Crippen molar-refractivity contribution in [2.75, 3.05) is 12.4 Å². The monoisotopic (exact) mass is 634 g/mol. The summed E-state index contributed by atoms with van der Waals surface area (Å²) in [4.78, 5) is 25.7. The molecule has 2 bridgehead atoms. The van der Waals surface area contributed by atoms with Gasteiger partial charge in [0.25, 0.3) is 0 Å². The maximum atomic E-state index is 13.5. The van der Waals surface area contributed by atoms with Crippen LogP contribution in [0.15, 0.2) is 0 Å². The Labute approximate surface area is 265 Å². The number of aliphatic hydroxyl groups excluding tert-OH is 2. The highest BCUT2D eigenvalue weighted by molar-refractivity contribution is 7.94. The van der Waals surface area contributed by atoms with Gasteiger partial charge in [-0.1, -0.05) is 48.0 Å². The molecule has 6 saturated carbocycles. The smallest absolute Gasteiger partial charge is 0.321 e. The van der Waals surface area contributed by atoms with Gasteiger partial charge in [-0.2, -0.15) is 0 Å². The molecule has 6 rings (SSSR count). The van der Waals surface area contributed by atoms with Crippen LogP contribution < -0.4 is 0 Å². The largest absolute Gasteiger partial charge is 0.465 e. The lowest BCUT2D eigenvalue weighted by molar-refractivity contribution is -0.203. The summed E-state index contributed by atoms with van der Waals surface area (Å²) in [6.45, 7) is 13.3. The number of hydrogen-bond acceptors (Lipinski definition) is 7. The van der Waals surface area contributed by atoms with Crippen LogP contribution in [-0.2, 0) is 24.2 Å². The molecule has 0 aliphatic heterocycles. The maximum Gasteiger partial charge on any atom is 0.321 e. The highest BCUT2D eigenvalue weighted by atomic mass is 32.2. The van der Waals surface area contributed by atoms with Crippen LogP contribution in [0.1, 0.15) is 119 Å². The van der Waals surface area contributed by atoms with Crippen molar-refractivity contribution in [2.45, 2.75) is 136 Å². The van der Waals surface area contributed by atoms with E-state index >= 15 is 0 Å². The van der Waals surface area contributed by atoms with Gasteiger partial charge in [0.2, 0.25) is 0 Å². The van der Waals surface area contributed by atoms with E-state index in [1.165, 1.54) is 0 Å². The molecular weight excluding hydrogens is 576 g/mol. The van der Waals surface area contributed by atoms with Crippen LogP contribution in [0.5, 0.6) is 0 Å². The Balaban J connectivity index is 1.09. The van der Waals surface area contributed by atoms with Crippen molar-refractivity contribution in [3.8, 4) is 0 Å². The predicted molar refractivity (Wildman–Crippen MR) is 169 cm³/mol. The minimum Gasteiger partial charge on any atom is -0.465 e. The number of aliphatic hydroxyl groups is 2. The molecule has 0 spiro atoms. The summed E-state index contributed by atoms with van der Waals surface area (Å²) in [5.41, 5.74) is -0.345. The molecule has 13 atom stereocenters. The Hall–Kier alpha value is -0.990. The van der Waals surface area contributed by atoms with Crippen LogP contribution in [0.4, 0.5) is 0 Å². The van der Waals surface area contributed by atoms with Crippen LogP contribution in [0.3, 0.4) is 0 Å². The van der Waals surface area contributed by atoms with Gasteiger partial charge in [-0.05, 0) is 128 Å². The second kappa shape index (κ2) is 11.0. The van der Waals surface area contributed by atoms with Gasteiger partial charge >= 0.3 is 5.97 Å². The Kier molecular flexibility index (Phi) is 8.26. The van der Waals surface area contributed by atoms with E-state index in [1.807, 2.05) is 13.8 Å². The van der Waals surface area contributed by atoms with Crippen molar-refractivity contribution in [3.05, 3.63) is 0 Å². The molecule has 2 N–H and O–H groups in total. The summed E-state index contributed by atoms with van der Waals surface area (Å²) in [5, 5.41) is 22.5. The first-order valence-corrected chi connectivity index (χ1v) is 19.5. The van der Waals surface area contributed by atoms with Crippen LogP contribution >= 0.6 is 0 Å². The fourth-order valence-corrected chi connectivity index (χ4v) is 15.6. The minimum absolute atomic E-state index is 0.0655. The van der Waals surface area contributed by atoms with Gasteiger partial charge in [0.15, 0.2) is 15.6 Å². The van der Waals surface area contributed by atoms with E-state index in [0.29, 0.717) is 61.2 Å². The molecule has 0 aromatic heterocycles. The van der Waals surface area contributed by atoms with E-state index in [1.54, 1.807) is 0 Å². The van der Waals surface area contributed by atoms with Gasteiger partial charge in [0.05, 0.1) is 18.8 Å². The van der Waals surface area contributed by atoms with Crippen molar-refractivity contribution in [1.82, 2.24) is 0 Å². The number of carbonyl (C=O) groups excluding carboxylic acids is 2. The Bertz CT molecular complexity index is 1260. The summed E-state index contributed by atoms with van der Waals surface area (Å²) in [7, 11) is -3.98. The fraction of sp³-hybridized carbons (Fsp3) is 0.944. The molecule has 6 aliphatic carbocycles. The molecule has 0 unspecified atom stereocenters. The molecule has 8 heteroatoms. The summed E-state index contributed by atoms with van der Waals surface area (Å²) in [6, 6.07) is 0. The van der Waals surface area contributed by atoms with E-state index in [2.05, 4.69) is 27.7 Å². The zero-order chi connectivity index (χ0) is 32.0. The van der Waals surface area contributed by atoms with Crippen LogP contribution in [-0.4, -0.2) is 59.7 Å². The highest BCUT2D eigenvalue weighted by Crippen LogP contribution is 2.69. The normalized spacial score (nSPS) is 48.4. The number of esters is 1. The first-order chi connectivity index (χ1) is 20.5. The maximum absolute atomic E-state index is 13.5. The van der Waals surface area contributed by atoms with Crippen molar-refractivity contribution < 1.29 is 33.0 Å². The van der Waals surface area contributed by atoms with Crippen molar-refractivity contribution >= 4 is 21.6 Å². The lowest BCUT2D eigenvalue weighted by atomic mass is 9.41. The molecule has 7 nitrogen and oxygen atoms in total. The third-order valence-corrected chi connectivity index (χ3v) is 18.2. The molecule has 6 aliphatic rings. The van der Waals surface area contributed by atoms with Gasteiger partial charge in [0.1, 0.15) is 10.5 Å². The second-order valence-corrected chi connectivity index (χ2v) is 19.5. The topological polar surface area (TPSA) is 118 Å². The Morgan fingerprint density at radius 3 is 2.27 bits per heavy atom. The van der Waals surface area contributed by atoms with Crippen molar-refractivity contribution in [1.29, 1.82) is 0 Å². The lowest BCUT2D eigenvalue weighted by Gasteiger charge is -2.64. The van der Waals surface area contributed by atoms with E-state index in [0.717, 1.165) is 51.4 Å². The molecule has 44 heavy (non-hydrogen) atoms. The van der Waals surface area contributed by atoms with Gasteiger partial charge in [0, 0.05) is 6.42 Å². The van der Waals surface area contributed by atoms with Crippen molar-refractivity contribution in [2.24, 2.45) is 63.6 Å². The van der Waals surface area contributed by atoms with Gasteiger partial charge in [-0.3, -0.25) is 9.59 Å². The Morgan fingerprint density at radius 1 is 0.955 bits per heavy atom. The zero-order valence-corrected chi connectivity index (χ0v) is 28.8. The molecule has 6 fully saturated rings. The summed E-state index contributed by atoms with van der Waals surface area (Å²) >= 11 is 0. The van der Waals surface area contributed by atoms with E-state index in [-0.39, 0.29) is 47.3 Å². The Morgan fingerprint density at radius 2 is 1.64 bits per heavy atom. The quantitative estimate of drug-likeness (QED) is 0.327. The average molecular weight is 635 g/mol. The number of fused-ring (bicyclic) bond motifs is 7. The summed E-state index contributed by atoms with van der Waals surface area (Å²) < 4.78 is 31.1. The third kappa shape index (κ3) is 4.48. The van der Waals surface area contributed by atoms with E-state index < -0.39 is 31.7 Å². The second-order valence-electron chi connectivity index (χ2n) is 17.3. The fourth-order valence-electron chi connectivity index (χ4n) is 13.2. The number of sulfone groups is 1. The average Bonchev–Trinajstić information content (AvgIpc) is 3.50. The lowest BCUT2D eigenvalue weighted by Crippen LogP contribution is -2.62. The first-order valence-electron chi connectivity index (χ1n) is 17.8. The molecule has 0 amide bonds. The number of hydrogen-bond donors (Lipinski definition) is 2. The van der Waals surface area contributed by atoms with Gasteiger partial charge < -0.3 is 14.9 Å². The van der Waals surface area contributed by atoms with Crippen molar-refractivity contribution in [3.63, 3.8) is 0 Å². The number of rotatable bonds is 8. The van der Waals surface area contributed by atoms with E-state index in [9.17, 15) is 28.2 Å². The highest BCUT2D eigenvalue weighted by Gasteiger charge is 2.71. The van der Waals surface area contributed by atoms with E-state index in [4.69, 9.17) is 4.74 Å². The predicted octanol–water partition coefficient (Wildman–Crippen LogP) is 5.75. The SMILES string of the molecule is CC[C@H]1[C@@H](O)[C@@H]2[C@H](CC[C@]3(C)[C@@H]([C@H](C)CCOC(=O)CS(=O)(=O)[C@]45CC[C@H](CC4=O)C5(C)C)CC[C@@H]23)[C@@]2(C)CC[C@@H](O)C[C@@H]12. The number of carbonyl (C=O) groups is 2. The number of ether oxygens (including phenoxy) is 1. The van der Waals surface area contributed by atoms with Gasteiger partial charge in [-0.25, -0.2) is 8.42 Å². The van der Waals surface area contributed by atoms with Crippen LogP contribution in [0.2, 0.25) is 0 Å². The molecule has 0 heterocycles. The molecule has 0 aromatic rings. The molecule has 0 radical (unpaired) electrons. The minimum atomic E-state index is -3.98.